The molecular formula is C19H22N6O2S2. The van der Waals surface area contributed by atoms with Crippen LogP contribution in [0.15, 0.2) is 58.7 Å². The zero-order valence-electron chi connectivity index (χ0n) is 16.4. The first-order valence-electron chi connectivity index (χ1n) is 8.96. The normalized spacial score (nSPS) is 12.1. The maximum atomic E-state index is 12.3. The number of hydrogen-bond donors (Lipinski definition) is 1. The van der Waals surface area contributed by atoms with Gasteiger partial charge in [0.15, 0.2) is 11.0 Å². The minimum atomic E-state index is -1.21. The number of rotatable bonds is 8. The number of aromatic nitrogens is 4. The number of anilines is 1. The molecule has 1 aromatic carbocycles. The van der Waals surface area contributed by atoms with Crippen molar-refractivity contribution in [1.82, 2.24) is 24.1 Å². The molecule has 1 N–H and O–H groups in total. The second-order valence-corrected chi connectivity index (χ2v) is 8.83. The van der Waals surface area contributed by atoms with Crippen molar-refractivity contribution in [2.75, 3.05) is 25.2 Å². The highest BCUT2D eigenvalue weighted by molar-refractivity contribution is 7.99. The molecule has 3 aromatic rings. The molecule has 0 saturated heterocycles. The van der Waals surface area contributed by atoms with Crippen LogP contribution in [0.2, 0.25) is 0 Å². The average molecular weight is 431 g/mol. The van der Waals surface area contributed by atoms with E-state index in [0.717, 1.165) is 5.69 Å². The Morgan fingerprint density at radius 1 is 1.17 bits per heavy atom. The molecule has 0 aliphatic carbocycles. The number of benzene rings is 1. The molecule has 0 saturated carbocycles. The van der Waals surface area contributed by atoms with Crippen LogP contribution in [0.25, 0.3) is 11.5 Å². The largest absolute Gasteiger partial charge is 0.325 e. The molecule has 152 valence electrons. The van der Waals surface area contributed by atoms with Crippen molar-refractivity contribution in [3.63, 3.8) is 0 Å². The van der Waals surface area contributed by atoms with E-state index >= 15 is 0 Å². The molecule has 0 aliphatic heterocycles. The van der Waals surface area contributed by atoms with E-state index in [1.54, 1.807) is 48.9 Å². The van der Waals surface area contributed by atoms with Crippen molar-refractivity contribution < 1.29 is 9.00 Å². The van der Waals surface area contributed by atoms with Crippen LogP contribution in [0, 0.1) is 0 Å². The number of amides is 1. The van der Waals surface area contributed by atoms with Gasteiger partial charge in [0, 0.05) is 18.4 Å². The molecule has 0 radical (unpaired) electrons. The van der Waals surface area contributed by atoms with Crippen LogP contribution in [-0.4, -0.2) is 54.0 Å². The summed E-state index contributed by atoms with van der Waals surface area (Å²) in [5.41, 5.74) is 1.40. The van der Waals surface area contributed by atoms with E-state index in [2.05, 4.69) is 20.5 Å². The third kappa shape index (κ3) is 5.28. The number of hydrogen-bond acceptors (Lipinski definition) is 6. The summed E-state index contributed by atoms with van der Waals surface area (Å²) in [6.07, 6.45) is 1.71. The molecule has 2 heterocycles. The van der Waals surface area contributed by atoms with Gasteiger partial charge in [0.05, 0.1) is 10.6 Å². The number of nitrogens with zero attached hydrogens (tertiary/aromatic N) is 5. The molecule has 0 spiro atoms. The quantitative estimate of drug-likeness (QED) is 0.552. The first kappa shape index (κ1) is 21.2. The fourth-order valence-corrected chi connectivity index (χ4v) is 4.15. The molecule has 0 aliphatic rings. The van der Waals surface area contributed by atoms with Crippen LogP contribution < -0.4 is 5.32 Å². The Morgan fingerprint density at radius 2 is 1.93 bits per heavy atom. The van der Waals surface area contributed by atoms with Crippen LogP contribution >= 0.6 is 11.8 Å². The Bertz CT molecular complexity index is 990. The molecule has 1 atom stereocenters. The van der Waals surface area contributed by atoms with E-state index in [9.17, 15) is 9.00 Å². The molecule has 3 rings (SSSR count). The van der Waals surface area contributed by atoms with E-state index < -0.39 is 11.0 Å². The Balaban J connectivity index is 1.61. The zero-order valence-corrected chi connectivity index (χ0v) is 18.0. The number of carbonyl (C=O) groups excluding carboxylic acids is 1. The van der Waals surface area contributed by atoms with E-state index in [4.69, 9.17) is 0 Å². The van der Waals surface area contributed by atoms with E-state index in [0.29, 0.717) is 28.1 Å². The molecule has 10 heteroatoms. The van der Waals surface area contributed by atoms with Crippen LogP contribution in [0.3, 0.4) is 0 Å². The lowest BCUT2D eigenvalue weighted by Gasteiger charge is -2.10. The number of carbonyl (C=O) groups is 1. The van der Waals surface area contributed by atoms with Crippen molar-refractivity contribution in [2.45, 2.75) is 23.5 Å². The number of pyridine rings is 1. The predicted molar refractivity (Wildman–Crippen MR) is 115 cm³/mol. The standard InChI is InChI=1S/C19H22N6O2S2/c1-4-25-18(16-7-5-6-12-20-16)22-23-19(25)28-13-17(26)21-14-8-10-15(11-9-14)29(27)24(2)3/h5-12H,4,13H2,1-3H3,(H,21,26). The highest BCUT2D eigenvalue weighted by atomic mass is 32.2. The van der Waals surface area contributed by atoms with E-state index in [1.807, 2.05) is 29.7 Å². The van der Waals surface area contributed by atoms with Gasteiger partial charge in [-0.05, 0) is 57.4 Å². The third-order valence-corrected chi connectivity index (χ3v) is 6.24. The molecule has 0 bridgehead atoms. The molecule has 8 nitrogen and oxygen atoms in total. The van der Waals surface area contributed by atoms with Crippen molar-refractivity contribution in [2.24, 2.45) is 0 Å². The van der Waals surface area contributed by atoms with Crippen molar-refractivity contribution in [3.8, 4) is 11.5 Å². The summed E-state index contributed by atoms with van der Waals surface area (Å²) >= 11 is 1.32. The summed E-state index contributed by atoms with van der Waals surface area (Å²) in [6, 6.07) is 12.6. The maximum Gasteiger partial charge on any atom is 0.234 e. The lowest BCUT2D eigenvalue weighted by atomic mass is 10.3. The van der Waals surface area contributed by atoms with Gasteiger partial charge >= 0.3 is 0 Å². The summed E-state index contributed by atoms with van der Waals surface area (Å²) in [5, 5.41) is 11.9. The minimum absolute atomic E-state index is 0.151. The lowest BCUT2D eigenvalue weighted by molar-refractivity contribution is -0.113. The first-order chi connectivity index (χ1) is 14.0. The summed E-state index contributed by atoms with van der Waals surface area (Å²) in [6.45, 7) is 2.67. The molecule has 1 unspecified atom stereocenters. The highest BCUT2D eigenvalue weighted by Gasteiger charge is 2.15. The van der Waals surface area contributed by atoms with Gasteiger partial charge in [-0.3, -0.25) is 9.78 Å². The second-order valence-electron chi connectivity index (χ2n) is 6.19. The van der Waals surface area contributed by atoms with Crippen LogP contribution in [0.4, 0.5) is 5.69 Å². The van der Waals surface area contributed by atoms with Gasteiger partial charge in [0.2, 0.25) is 5.91 Å². The first-order valence-corrected chi connectivity index (χ1v) is 11.1. The number of nitrogens with one attached hydrogen (secondary N) is 1. The van der Waals surface area contributed by atoms with Gasteiger partial charge < -0.3 is 9.88 Å². The summed E-state index contributed by atoms with van der Waals surface area (Å²) < 4.78 is 15.6. The summed E-state index contributed by atoms with van der Waals surface area (Å²) in [7, 11) is 2.29. The van der Waals surface area contributed by atoms with Gasteiger partial charge in [-0.25, -0.2) is 8.51 Å². The van der Waals surface area contributed by atoms with Crippen LogP contribution in [-0.2, 0) is 22.3 Å². The van der Waals surface area contributed by atoms with Gasteiger partial charge in [-0.2, -0.15) is 0 Å². The topological polar surface area (TPSA) is 93.0 Å². The second kappa shape index (κ2) is 9.77. The summed E-state index contributed by atoms with van der Waals surface area (Å²) in [5.74, 6) is 0.730. The minimum Gasteiger partial charge on any atom is -0.325 e. The fourth-order valence-electron chi connectivity index (χ4n) is 2.56. The molecule has 1 amide bonds. The third-order valence-electron chi connectivity index (χ3n) is 3.93. The molecular weight excluding hydrogens is 408 g/mol. The average Bonchev–Trinajstić information content (AvgIpc) is 3.16. The zero-order chi connectivity index (χ0) is 20.8. The van der Waals surface area contributed by atoms with E-state index in [1.165, 1.54) is 11.8 Å². The van der Waals surface area contributed by atoms with Crippen LogP contribution in [0.1, 0.15) is 6.92 Å². The SMILES string of the molecule is CCn1c(SCC(=O)Nc2ccc(S(=O)N(C)C)cc2)nnc1-c1ccccn1. The molecule has 2 aromatic heterocycles. The van der Waals surface area contributed by atoms with Gasteiger partial charge in [0.1, 0.15) is 16.7 Å². The Morgan fingerprint density at radius 3 is 2.55 bits per heavy atom. The van der Waals surface area contributed by atoms with Gasteiger partial charge in [-0.15, -0.1) is 10.2 Å². The summed E-state index contributed by atoms with van der Waals surface area (Å²) in [4.78, 5) is 17.3. The van der Waals surface area contributed by atoms with Crippen LogP contribution in [0.5, 0.6) is 0 Å². The van der Waals surface area contributed by atoms with Crippen molar-refractivity contribution >= 4 is 34.3 Å². The predicted octanol–water partition coefficient (Wildman–Crippen LogP) is 2.68. The Kier molecular flexibility index (Phi) is 7.13. The monoisotopic (exact) mass is 430 g/mol. The highest BCUT2D eigenvalue weighted by Crippen LogP contribution is 2.23. The molecule has 0 fully saturated rings. The Labute approximate surface area is 176 Å². The fraction of sp³-hybridized carbons (Fsp3) is 0.263. The van der Waals surface area contributed by atoms with Crippen molar-refractivity contribution in [1.29, 1.82) is 0 Å². The smallest absolute Gasteiger partial charge is 0.234 e. The lowest BCUT2D eigenvalue weighted by Crippen LogP contribution is -2.16. The maximum absolute atomic E-state index is 12.3. The van der Waals surface area contributed by atoms with Gasteiger partial charge in [-0.1, -0.05) is 17.8 Å². The van der Waals surface area contributed by atoms with Crippen molar-refractivity contribution in [3.05, 3.63) is 48.7 Å². The number of thioether (sulfide) groups is 1. The Hall–Kier alpha value is -2.56. The molecule has 29 heavy (non-hydrogen) atoms. The van der Waals surface area contributed by atoms with E-state index in [-0.39, 0.29) is 11.7 Å². The van der Waals surface area contributed by atoms with Gasteiger partial charge in [0.25, 0.3) is 0 Å².